The van der Waals surface area contributed by atoms with Crippen molar-refractivity contribution in [1.82, 2.24) is 10.2 Å². The number of aromatic amines is 1. The van der Waals surface area contributed by atoms with E-state index >= 15 is 0 Å². The Labute approximate surface area is 62.8 Å². The maximum atomic E-state index is 3.83. The Morgan fingerprint density at radius 1 is 1.89 bits per heavy atom. The van der Waals surface area contributed by atoms with Crippen LogP contribution in [0.3, 0.4) is 0 Å². The first-order valence-corrected chi connectivity index (χ1v) is 3.82. The van der Waals surface area contributed by atoms with Crippen molar-refractivity contribution in [2.45, 2.75) is 18.2 Å². The molecule has 0 radical (unpaired) electrons. The number of aromatic nitrogens is 2. The highest BCUT2D eigenvalue weighted by atomic mass is 79.9. The van der Waals surface area contributed by atoms with E-state index in [1.807, 2.05) is 12.4 Å². The van der Waals surface area contributed by atoms with Gasteiger partial charge in [-0.25, -0.2) is 0 Å². The number of alkyl halides is 1. The highest BCUT2D eigenvalue weighted by Gasteiger charge is 1.97. The summed E-state index contributed by atoms with van der Waals surface area (Å²) in [5, 5.41) is 6.59. The summed E-state index contributed by atoms with van der Waals surface area (Å²) in [6.45, 7) is 2.12. The monoisotopic (exact) mass is 188 g/mol. The second-order valence-corrected chi connectivity index (χ2v) is 3.65. The van der Waals surface area contributed by atoms with Crippen molar-refractivity contribution in [2.75, 3.05) is 0 Å². The molecule has 1 rings (SSSR count). The molecule has 0 aliphatic carbocycles. The molecule has 3 heteroatoms. The molecule has 0 aliphatic rings. The molecule has 1 N–H and O–H groups in total. The standard InChI is InChI=1S/C6H9BrN2/c1-5(7)2-6-3-8-9-4-6/h3-5H,2H2,1H3,(H,8,9). The van der Waals surface area contributed by atoms with Gasteiger partial charge in [-0.1, -0.05) is 22.9 Å². The van der Waals surface area contributed by atoms with Crippen LogP contribution in [0.1, 0.15) is 12.5 Å². The van der Waals surface area contributed by atoms with Crippen LogP contribution < -0.4 is 0 Å². The Kier molecular flexibility index (Phi) is 2.28. The maximum absolute atomic E-state index is 3.83. The van der Waals surface area contributed by atoms with Crippen LogP contribution in [0.4, 0.5) is 0 Å². The zero-order valence-electron chi connectivity index (χ0n) is 5.26. The molecular weight excluding hydrogens is 180 g/mol. The number of hydrogen-bond acceptors (Lipinski definition) is 1. The smallest absolute Gasteiger partial charge is 0.0519 e. The summed E-state index contributed by atoms with van der Waals surface area (Å²) in [5.74, 6) is 0. The van der Waals surface area contributed by atoms with Crippen LogP contribution >= 0.6 is 15.9 Å². The van der Waals surface area contributed by atoms with Crippen molar-refractivity contribution in [3.05, 3.63) is 18.0 Å². The molecule has 1 unspecified atom stereocenters. The van der Waals surface area contributed by atoms with Crippen molar-refractivity contribution >= 4 is 15.9 Å². The van der Waals surface area contributed by atoms with Gasteiger partial charge in [-0.05, 0) is 12.0 Å². The first-order valence-electron chi connectivity index (χ1n) is 2.91. The average molecular weight is 189 g/mol. The predicted molar refractivity (Wildman–Crippen MR) is 40.7 cm³/mol. The van der Waals surface area contributed by atoms with Crippen LogP contribution in [0.2, 0.25) is 0 Å². The molecule has 0 aliphatic heterocycles. The van der Waals surface area contributed by atoms with Crippen LogP contribution in [-0.4, -0.2) is 15.0 Å². The zero-order chi connectivity index (χ0) is 6.69. The molecule has 1 aromatic heterocycles. The fourth-order valence-electron chi connectivity index (χ4n) is 0.714. The molecule has 0 fully saturated rings. The Morgan fingerprint density at radius 2 is 2.67 bits per heavy atom. The van der Waals surface area contributed by atoms with Gasteiger partial charge < -0.3 is 0 Å². The van der Waals surface area contributed by atoms with E-state index < -0.39 is 0 Å². The lowest BCUT2D eigenvalue weighted by atomic mass is 10.2. The summed E-state index contributed by atoms with van der Waals surface area (Å²) in [6.07, 6.45) is 4.80. The quantitative estimate of drug-likeness (QED) is 0.705. The fraction of sp³-hybridized carbons (Fsp3) is 0.500. The van der Waals surface area contributed by atoms with Gasteiger partial charge in [0, 0.05) is 11.0 Å². The molecule has 2 nitrogen and oxygen atoms in total. The number of nitrogens with one attached hydrogen (secondary N) is 1. The minimum atomic E-state index is 0.537. The SMILES string of the molecule is CC(Br)Cc1cn[nH]c1. The minimum Gasteiger partial charge on any atom is -0.285 e. The highest BCUT2D eigenvalue weighted by Crippen LogP contribution is 2.06. The number of halogens is 1. The van der Waals surface area contributed by atoms with Gasteiger partial charge in [0.15, 0.2) is 0 Å². The lowest BCUT2D eigenvalue weighted by Crippen LogP contribution is -1.93. The van der Waals surface area contributed by atoms with Crippen LogP contribution in [0.25, 0.3) is 0 Å². The molecule has 1 aromatic rings. The van der Waals surface area contributed by atoms with E-state index in [0.717, 1.165) is 6.42 Å². The highest BCUT2D eigenvalue weighted by molar-refractivity contribution is 9.09. The third-order valence-electron chi connectivity index (χ3n) is 1.07. The van der Waals surface area contributed by atoms with E-state index in [2.05, 4.69) is 33.1 Å². The summed E-state index contributed by atoms with van der Waals surface area (Å²) in [5.41, 5.74) is 1.25. The largest absolute Gasteiger partial charge is 0.285 e. The number of nitrogens with zero attached hydrogens (tertiary/aromatic N) is 1. The van der Waals surface area contributed by atoms with Crippen LogP contribution in [0.15, 0.2) is 12.4 Å². The molecule has 0 spiro atoms. The number of H-pyrrole nitrogens is 1. The first-order chi connectivity index (χ1) is 4.29. The molecule has 0 bridgehead atoms. The van der Waals surface area contributed by atoms with E-state index in [4.69, 9.17) is 0 Å². The molecular formula is C6H9BrN2. The van der Waals surface area contributed by atoms with Crippen molar-refractivity contribution in [2.24, 2.45) is 0 Å². The van der Waals surface area contributed by atoms with Gasteiger partial charge in [0.25, 0.3) is 0 Å². The normalized spacial score (nSPS) is 13.6. The summed E-state index contributed by atoms with van der Waals surface area (Å²) >= 11 is 3.45. The Morgan fingerprint density at radius 3 is 3.11 bits per heavy atom. The van der Waals surface area contributed by atoms with E-state index in [9.17, 15) is 0 Å². The van der Waals surface area contributed by atoms with Gasteiger partial charge >= 0.3 is 0 Å². The molecule has 0 saturated heterocycles. The Balaban J connectivity index is 2.48. The summed E-state index contributed by atoms with van der Waals surface area (Å²) in [4.78, 5) is 0.537. The molecule has 50 valence electrons. The molecule has 9 heavy (non-hydrogen) atoms. The van der Waals surface area contributed by atoms with Gasteiger partial charge in [0.05, 0.1) is 6.20 Å². The average Bonchev–Trinajstić information content (AvgIpc) is 2.15. The van der Waals surface area contributed by atoms with Gasteiger partial charge in [0.1, 0.15) is 0 Å². The van der Waals surface area contributed by atoms with Crippen molar-refractivity contribution in [3.8, 4) is 0 Å². The second kappa shape index (κ2) is 3.01. The molecule has 0 amide bonds. The minimum absolute atomic E-state index is 0.537. The predicted octanol–water partition coefficient (Wildman–Crippen LogP) is 1.74. The maximum Gasteiger partial charge on any atom is 0.0519 e. The third kappa shape index (κ3) is 2.18. The van der Waals surface area contributed by atoms with Gasteiger partial charge in [0.2, 0.25) is 0 Å². The number of rotatable bonds is 2. The van der Waals surface area contributed by atoms with E-state index in [1.165, 1.54) is 5.56 Å². The summed E-state index contributed by atoms with van der Waals surface area (Å²) < 4.78 is 0. The van der Waals surface area contributed by atoms with Crippen LogP contribution in [-0.2, 0) is 6.42 Å². The Hall–Kier alpha value is -0.310. The van der Waals surface area contributed by atoms with Crippen LogP contribution in [0.5, 0.6) is 0 Å². The second-order valence-electron chi connectivity index (χ2n) is 2.09. The summed E-state index contributed by atoms with van der Waals surface area (Å²) in [6, 6.07) is 0. The van der Waals surface area contributed by atoms with Gasteiger partial charge in [-0.2, -0.15) is 5.10 Å². The third-order valence-corrected chi connectivity index (χ3v) is 1.40. The number of hydrogen-bond donors (Lipinski definition) is 1. The van der Waals surface area contributed by atoms with Crippen molar-refractivity contribution in [1.29, 1.82) is 0 Å². The topological polar surface area (TPSA) is 28.7 Å². The van der Waals surface area contributed by atoms with E-state index in [0.29, 0.717) is 4.83 Å². The zero-order valence-corrected chi connectivity index (χ0v) is 6.85. The molecule has 0 saturated carbocycles. The van der Waals surface area contributed by atoms with Crippen molar-refractivity contribution in [3.63, 3.8) is 0 Å². The lowest BCUT2D eigenvalue weighted by Gasteiger charge is -1.96. The summed E-state index contributed by atoms with van der Waals surface area (Å²) in [7, 11) is 0. The van der Waals surface area contributed by atoms with E-state index in [-0.39, 0.29) is 0 Å². The molecule has 1 atom stereocenters. The molecule has 0 aromatic carbocycles. The van der Waals surface area contributed by atoms with Crippen molar-refractivity contribution < 1.29 is 0 Å². The molecule has 1 heterocycles. The lowest BCUT2D eigenvalue weighted by molar-refractivity contribution is 0.961. The Bertz CT molecular complexity index is 158. The fourth-order valence-corrected chi connectivity index (χ4v) is 1.09. The van der Waals surface area contributed by atoms with Gasteiger partial charge in [-0.15, -0.1) is 0 Å². The first kappa shape index (κ1) is 6.81. The van der Waals surface area contributed by atoms with E-state index in [1.54, 1.807) is 0 Å². The van der Waals surface area contributed by atoms with Gasteiger partial charge in [-0.3, -0.25) is 5.10 Å². The van der Waals surface area contributed by atoms with Crippen LogP contribution in [0, 0.1) is 0 Å².